The lowest BCUT2D eigenvalue weighted by Crippen LogP contribution is -2.24. The Morgan fingerprint density at radius 3 is 2.29 bits per heavy atom. The van der Waals surface area contributed by atoms with Gasteiger partial charge in [0, 0.05) is 12.4 Å². The van der Waals surface area contributed by atoms with E-state index >= 15 is 0 Å². The third kappa shape index (κ3) is 4.61. The normalized spacial score (nSPS) is 10.0. The highest BCUT2D eigenvalue weighted by Gasteiger charge is 2.08. The number of esters is 1. The molecule has 1 aromatic heterocycles. The standard InChI is InChI=1S/C9H8I2N2O4/c10-5-1-13(2-6(11)9(5)16)3-8(15)17-4-7(12)14/h1-2H,3-4H2,(H2,12,14). The monoisotopic (exact) mass is 462 g/mol. The lowest BCUT2D eigenvalue weighted by molar-refractivity contribution is -0.148. The van der Waals surface area contributed by atoms with E-state index in [1.807, 2.05) is 45.2 Å². The van der Waals surface area contributed by atoms with Gasteiger partial charge < -0.3 is 15.0 Å². The fourth-order valence-corrected chi connectivity index (χ4v) is 2.81. The van der Waals surface area contributed by atoms with Gasteiger partial charge >= 0.3 is 5.97 Å². The Morgan fingerprint density at radius 2 is 1.82 bits per heavy atom. The van der Waals surface area contributed by atoms with Crippen LogP contribution in [0.4, 0.5) is 0 Å². The average Bonchev–Trinajstić information content (AvgIpc) is 2.23. The Morgan fingerprint density at radius 1 is 1.29 bits per heavy atom. The van der Waals surface area contributed by atoms with Gasteiger partial charge in [-0.25, -0.2) is 0 Å². The molecule has 1 heterocycles. The summed E-state index contributed by atoms with van der Waals surface area (Å²) in [5, 5.41) is 0. The number of carbonyl (C=O) groups excluding carboxylic acids is 2. The Balaban J connectivity index is 2.72. The number of hydrogen-bond acceptors (Lipinski definition) is 4. The van der Waals surface area contributed by atoms with Crippen molar-refractivity contribution >= 4 is 57.1 Å². The third-order valence-electron chi connectivity index (χ3n) is 1.68. The van der Waals surface area contributed by atoms with Gasteiger partial charge in [-0.05, 0) is 45.2 Å². The number of aromatic nitrogens is 1. The molecule has 0 aromatic carbocycles. The Labute approximate surface area is 124 Å². The Hall–Kier alpha value is -0.650. The molecule has 0 saturated heterocycles. The first-order valence-corrected chi connectivity index (χ1v) is 6.55. The van der Waals surface area contributed by atoms with E-state index in [0.717, 1.165) is 0 Å². The van der Waals surface area contributed by atoms with Crippen molar-refractivity contribution in [2.45, 2.75) is 6.54 Å². The molecule has 0 fully saturated rings. The van der Waals surface area contributed by atoms with Gasteiger partial charge in [-0.3, -0.25) is 14.4 Å². The first-order chi connectivity index (χ1) is 7.90. The fourth-order valence-electron chi connectivity index (χ4n) is 0.997. The van der Waals surface area contributed by atoms with Gasteiger partial charge in [0.25, 0.3) is 5.91 Å². The second-order valence-corrected chi connectivity index (χ2v) is 5.41. The van der Waals surface area contributed by atoms with Crippen molar-refractivity contribution in [3.05, 3.63) is 29.8 Å². The van der Waals surface area contributed by atoms with Crippen LogP contribution in [0, 0.1) is 7.14 Å². The lowest BCUT2D eigenvalue weighted by atomic mass is 10.4. The van der Waals surface area contributed by atoms with Crippen LogP contribution in [0.25, 0.3) is 0 Å². The van der Waals surface area contributed by atoms with E-state index in [1.165, 1.54) is 17.0 Å². The summed E-state index contributed by atoms with van der Waals surface area (Å²) in [7, 11) is 0. The molecule has 1 rings (SSSR count). The number of rotatable bonds is 4. The summed E-state index contributed by atoms with van der Waals surface area (Å²) in [6.07, 6.45) is 3.08. The summed E-state index contributed by atoms with van der Waals surface area (Å²) in [4.78, 5) is 33.1. The number of carbonyl (C=O) groups is 2. The molecular weight excluding hydrogens is 454 g/mol. The molecule has 8 heteroatoms. The van der Waals surface area contributed by atoms with Crippen molar-refractivity contribution in [2.24, 2.45) is 5.73 Å². The van der Waals surface area contributed by atoms with E-state index in [4.69, 9.17) is 5.73 Å². The van der Waals surface area contributed by atoms with E-state index in [9.17, 15) is 14.4 Å². The van der Waals surface area contributed by atoms with Gasteiger partial charge in [-0.2, -0.15) is 0 Å². The van der Waals surface area contributed by atoms with Crippen LogP contribution in [0.15, 0.2) is 17.2 Å². The van der Waals surface area contributed by atoms with Crippen molar-refractivity contribution < 1.29 is 14.3 Å². The largest absolute Gasteiger partial charge is 0.454 e. The summed E-state index contributed by atoms with van der Waals surface area (Å²) >= 11 is 3.78. The van der Waals surface area contributed by atoms with Crippen LogP contribution in [0.1, 0.15) is 0 Å². The molecule has 0 atom stereocenters. The summed E-state index contributed by atoms with van der Waals surface area (Å²) in [6.45, 7) is -0.507. The molecule has 92 valence electrons. The van der Waals surface area contributed by atoms with Crippen LogP contribution in [-0.2, 0) is 20.9 Å². The van der Waals surface area contributed by atoms with E-state index in [-0.39, 0.29) is 12.0 Å². The van der Waals surface area contributed by atoms with Gasteiger partial charge in [0.15, 0.2) is 6.61 Å². The molecule has 0 radical (unpaired) electrons. The molecule has 1 aromatic rings. The highest BCUT2D eigenvalue weighted by molar-refractivity contribution is 14.1. The van der Waals surface area contributed by atoms with Crippen molar-refractivity contribution in [2.75, 3.05) is 6.61 Å². The van der Waals surface area contributed by atoms with Crippen LogP contribution < -0.4 is 11.2 Å². The number of amides is 1. The molecule has 2 N–H and O–H groups in total. The summed E-state index contributed by atoms with van der Waals surface area (Å²) in [5.41, 5.74) is 4.76. The molecule has 0 aliphatic rings. The zero-order chi connectivity index (χ0) is 13.0. The van der Waals surface area contributed by atoms with Gasteiger partial charge in [0.05, 0.1) is 7.14 Å². The minimum Gasteiger partial charge on any atom is -0.454 e. The van der Waals surface area contributed by atoms with Crippen LogP contribution in [0.3, 0.4) is 0 Å². The number of hydrogen-bond donors (Lipinski definition) is 1. The van der Waals surface area contributed by atoms with Crippen molar-refractivity contribution in [1.82, 2.24) is 4.57 Å². The number of pyridine rings is 1. The minimum atomic E-state index is -0.706. The van der Waals surface area contributed by atoms with Crippen LogP contribution >= 0.6 is 45.2 Å². The van der Waals surface area contributed by atoms with Crippen LogP contribution in [0.5, 0.6) is 0 Å². The first kappa shape index (κ1) is 14.4. The average molecular weight is 462 g/mol. The summed E-state index contributed by atoms with van der Waals surface area (Å²) in [5.74, 6) is -1.29. The molecule has 0 spiro atoms. The first-order valence-electron chi connectivity index (χ1n) is 4.39. The van der Waals surface area contributed by atoms with E-state index in [1.54, 1.807) is 0 Å². The minimum absolute atomic E-state index is 0.0699. The number of nitrogens with two attached hydrogens (primary N) is 1. The van der Waals surface area contributed by atoms with Crippen molar-refractivity contribution in [1.29, 1.82) is 0 Å². The van der Waals surface area contributed by atoms with Crippen LogP contribution in [-0.4, -0.2) is 23.1 Å². The van der Waals surface area contributed by atoms with Gasteiger partial charge in [-0.1, -0.05) is 0 Å². The highest BCUT2D eigenvalue weighted by atomic mass is 127. The zero-order valence-electron chi connectivity index (χ0n) is 8.48. The fraction of sp³-hybridized carbons (Fsp3) is 0.222. The molecule has 0 unspecified atom stereocenters. The molecule has 0 aliphatic carbocycles. The van der Waals surface area contributed by atoms with E-state index in [2.05, 4.69) is 4.74 Å². The predicted octanol–water partition coefficient (Wildman–Crippen LogP) is 0.0860. The predicted molar refractivity (Wildman–Crippen MR) is 76.3 cm³/mol. The molecule has 0 bridgehead atoms. The number of primary amides is 1. The summed E-state index contributed by atoms with van der Waals surface area (Å²) in [6, 6.07) is 0. The van der Waals surface area contributed by atoms with Gasteiger partial charge in [0.2, 0.25) is 5.43 Å². The maximum Gasteiger partial charge on any atom is 0.326 e. The highest BCUT2D eigenvalue weighted by Crippen LogP contribution is 2.04. The molecule has 1 amide bonds. The molecule has 0 aliphatic heterocycles. The molecule has 6 nitrogen and oxygen atoms in total. The topological polar surface area (TPSA) is 91.4 Å². The second kappa shape index (κ2) is 6.33. The van der Waals surface area contributed by atoms with Gasteiger partial charge in [-0.15, -0.1) is 0 Å². The maximum atomic E-state index is 11.4. The summed E-state index contributed by atoms with van der Waals surface area (Å²) < 4.78 is 7.14. The quantitative estimate of drug-likeness (QED) is 0.508. The lowest BCUT2D eigenvalue weighted by Gasteiger charge is -2.07. The smallest absolute Gasteiger partial charge is 0.326 e. The van der Waals surface area contributed by atoms with E-state index < -0.39 is 18.5 Å². The van der Waals surface area contributed by atoms with Gasteiger partial charge in [0.1, 0.15) is 6.54 Å². The molecule has 0 saturated carbocycles. The maximum absolute atomic E-state index is 11.4. The Bertz CT molecular complexity index is 486. The third-order valence-corrected chi connectivity index (χ3v) is 3.22. The van der Waals surface area contributed by atoms with Crippen molar-refractivity contribution in [3.63, 3.8) is 0 Å². The zero-order valence-corrected chi connectivity index (χ0v) is 12.8. The molecule has 17 heavy (non-hydrogen) atoms. The van der Waals surface area contributed by atoms with Crippen LogP contribution in [0.2, 0.25) is 0 Å². The number of halogens is 2. The number of ether oxygens (including phenoxy) is 1. The SMILES string of the molecule is NC(=O)COC(=O)Cn1cc(I)c(=O)c(I)c1. The number of nitrogens with zero attached hydrogens (tertiary/aromatic N) is 1. The van der Waals surface area contributed by atoms with E-state index in [0.29, 0.717) is 7.14 Å². The Kier molecular flexibility index (Phi) is 5.36. The van der Waals surface area contributed by atoms with Crippen molar-refractivity contribution in [3.8, 4) is 0 Å². The second-order valence-electron chi connectivity index (χ2n) is 3.08. The molecular formula is C9H8I2N2O4.